The number of hydrogen-bond acceptors (Lipinski definition) is 4. The van der Waals surface area contributed by atoms with Crippen LogP contribution in [0.2, 0.25) is 0 Å². The fourth-order valence-electron chi connectivity index (χ4n) is 1.43. The standard InChI is InChI=1S/C15H26NO4/c1-7-8-9-15(5,6)11-19-13(17)16-12(10-20-18)14(2,3)4/h1,10,12,18H,8-9,11H2,2-6H3,(H,16,17)/t12-/m1/s1. The molecular weight excluding hydrogens is 258 g/mol. The number of ether oxygens (including phenoxy) is 1. The molecule has 0 saturated carbocycles. The largest absolute Gasteiger partial charge is 0.449 e. The van der Waals surface area contributed by atoms with E-state index in [9.17, 15) is 4.79 Å². The zero-order valence-electron chi connectivity index (χ0n) is 13.0. The summed E-state index contributed by atoms with van der Waals surface area (Å²) in [5.74, 6) is 2.57. The average molecular weight is 284 g/mol. The van der Waals surface area contributed by atoms with Gasteiger partial charge in [0.1, 0.15) is 6.61 Å². The third-order valence-corrected chi connectivity index (χ3v) is 2.94. The Morgan fingerprint density at radius 2 is 2.00 bits per heavy atom. The van der Waals surface area contributed by atoms with E-state index in [1.54, 1.807) is 0 Å². The Morgan fingerprint density at radius 1 is 1.40 bits per heavy atom. The van der Waals surface area contributed by atoms with Gasteiger partial charge < -0.3 is 10.1 Å². The minimum atomic E-state index is -0.549. The zero-order valence-corrected chi connectivity index (χ0v) is 13.0. The Kier molecular flexibility index (Phi) is 7.62. The number of amides is 1. The summed E-state index contributed by atoms with van der Waals surface area (Å²) in [6, 6.07) is -0.464. The number of carbonyl (C=O) groups is 1. The van der Waals surface area contributed by atoms with E-state index in [0.717, 1.165) is 13.0 Å². The molecule has 1 amide bonds. The Hall–Kier alpha value is -1.25. The van der Waals surface area contributed by atoms with Crippen molar-refractivity contribution in [3.8, 4) is 12.3 Å². The molecule has 20 heavy (non-hydrogen) atoms. The summed E-state index contributed by atoms with van der Waals surface area (Å²) < 4.78 is 5.20. The summed E-state index contributed by atoms with van der Waals surface area (Å²) in [7, 11) is 0. The Balaban J connectivity index is 4.31. The molecule has 0 spiro atoms. The predicted molar refractivity (Wildman–Crippen MR) is 77.6 cm³/mol. The van der Waals surface area contributed by atoms with Gasteiger partial charge in [0, 0.05) is 6.42 Å². The van der Waals surface area contributed by atoms with Crippen LogP contribution in [-0.2, 0) is 9.62 Å². The highest BCUT2D eigenvalue weighted by atomic mass is 17.1. The highest BCUT2D eigenvalue weighted by molar-refractivity contribution is 5.67. The molecule has 0 aliphatic carbocycles. The second kappa shape index (κ2) is 8.13. The van der Waals surface area contributed by atoms with Crippen molar-refractivity contribution in [1.29, 1.82) is 0 Å². The maximum Gasteiger partial charge on any atom is 0.407 e. The van der Waals surface area contributed by atoms with Gasteiger partial charge in [-0.15, -0.1) is 12.3 Å². The van der Waals surface area contributed by atoms with Crippen molar-refractivity contribution in [1.82, 2.24) is 5.32 Å². The molecule has 0 fully saturated rings. The van der Waals surface area contributed by atoms with Crippen molar-refractivity contribution in [3.63, 3.8) is 0 Å². The lowest BCUT2D eigenvalue weighted by Gasteiger charge is -2.30. The van der Waals surface area contributed by atoms with Crippen molar-refractivity contribution < 1.29 is 19.7 Å². The highest BCUT2D eigenvalue weighted by Crippen LogP contribution is 2.23. The number of carbonyl (C=O) groups excluding carboxylic acids is 1. The number of alkyl carbamates (subject to hydrolysis) is 1. The molecular formula is C15H26NO4. The van der Waals surface area contributed by atoms with E-state index in [1.165, 1.54) is 0 Å². The summed E-state index contributed by atoms with van der Waals surface area (Å²) >= 11 is 0. The third kappa shape index (κ3) is 8.03. The summed E-state index contributed by atoms with van der Waals surface area (Å²) in [5.41, 5.74) is -0.473. The molecule has 0 saturated heterocycles. The van der Waals surface area contributed by atoms with Crippen molar-refractivity contribution in [2.24, 2.45) is 10.8 Å². The van der Waals surface area contributed by atoms with Gasteiger partial charge in [0.15, 0.2) is 0 Å². The van der Waals surface area contributed by atoms with E-state index < -0.39 is 12.1 Å². The first-order valence-electron chi connectivity index (χ1n) is 6.63. The van der Waals surface area contributed by atoms with Crippen LogP contribution < -0.4 is 5.32 Å². The molecule has 2 N–H and O–H groups in total. The van der Waals surface area contributed by atoms with Crippen molar-refractivity contribution in [3.05, 3.63) is 6.61 Å². The van der Waals surface area contributed by atoms with E-state index in [2.05, 4.69) is 16.1 Å². The van der Waals surface area contributed by atoms with Crippen molar-refractivity contribution in [2.75, 3.05) is 6.61 Å². The van der Waals surface area contributed by atoms with Crippen LogP contribution >= 0.6 is 0 Å². The van der Waals surface area contributed by atoms with Crippen molar-refractivity contribution in [2.45, 2.75) is 53.5 Å². The first-order chi connectivity index (χ1) is 9.12. The lowest BCUT2D eigenvalue weighted by atomic mass is 9.87. The van der Waals surface area contributed by atoms with Gasteiger partial charge in [-0.25, -0.2) is 9.68 Å². The Bertz CT molecular complexity index is 339. The van der Waals surface area contributed by atoms with E-state index in [0.29, 0.717) is 6.42 Å². The number of rotatable bonds is 7. The zero-order chi connectivity index (χ0) is 15.8. The number of nitrogens with one attached hydrogen (secondary N) is 1. The molecule has 115 valence electrons. The number of hydrogen-bond donors (Lipinski definition) is 2. The van der Waals surface area contributed by atoms with E-state index >= 15 is 0 Å². The van der Waals surface area contributed by atoms with Crippen LogP contribution in [0.15, 0.2) is 0 Å². The summed E-state index contributed by atoms with van der Waals surface area (Å²) in [5, 5.41) is 11.1. The highest BCUT2D eigenvalue weighted by Gasteiger charge is 2.28. The first-order valence-corrected chi connectivity index (χ1v) is 6.63. The monoisotopic (exact) mass is 284 g/mol. The lowest BCUT2D eigenvalue weighted by molar-refractivity contribution is -0.218. The Morgan fingerprint density at radius 3 is 2.45 bits per heavy atom. The summed E-state index contributed by atoms with van der Waals surface area (Å²) in [6.07, 6.45) is 6.11. The SMILES string of the molecule is C#CCCC(C)(C)COC(=O)N[C@H]([CH]OO)C(C)(C)C. The van der Waals surface area contributed by atoms with Gasteiger partial charge in [-0.3, -0.25) is 5.26 Å². The van der Waals surface area contributed by atoms with Crippen LogP contribution in [0.4, 0.5) is 4.79 Å². The van der Waals surface area contributed by atoms with Gasteiger partial charge in [-0.2, -0.15) is 0 Å². The minimum absolute atomic E-state index is 0.169. The van der Waals surface area contributed by atoms with Gasteiger partial charge >= 0.3 is 6.09 Å². The van der Waals surface area contributed by atoms with Gasteiger partial charge in [0.25, 0.3) is 0 Å². The summed E-state index contributed by atoms with van der Waals surface area (Å²) in [6.45, 7) is 11.1. The molecule has 0 aliphatic heterocycles. The van der Waals surface area contributed by atoms with Gasteiger partial charge in [-0.1, -0.05) is 34.6 Å². The smallest absolute Gasteiger partial charge is 0.407 e. The van der Waals surface area contributed by atoms with Crippen molar-refractivity contribution >= 4 is 6.09 Å². The molecule has 0 aromatic rings. The third-order valence-electron chi connectivity index (χ3n) is 2.94. The maximum atomic E-state index is 11.8. The topological polar surface area (TPSA) is 67.8 Å². The molecule has 0 aromatic carbocycles. The fourth-order valence-corrected chi connectivity index (χ4v) is 1.43. The normalized spacial score (nSPS) is 13.4. The molecule has 1 atom stereocenters. The summed E-state index contributed by atoms with van der Waals surface area (Å²) in [4.78, 5) is 15.8. The molecule has 1 radical (unpaired) electrons. The minimum Gasteiger partial charge on any atom is -0.449 e. The van der Waals surface area contributed by atoms with Gasteiger partial charge in [0.2, 0.25) is 0 Å². The molecule has 0 bridgehead atoms. The first kappa shape index (κ1) is 18.8. The fraction of sp³-hybridized carbons (Fsp3) is 0.733. The molecule has 0 aromatic heterocycles. The molecule has 0 unspecified atom stereocenters. The van der Waals surface area contributed by atoms with Crippen LogP contribution in [0.5, 0.6) is 0 Å². The van der Waals surface area contributed by atoms with Crippen LogP contribution in [-0.4, -0.2) is 24.0 Å². The quantitative estimate of drug-likeness (QED) is 0.428. The van der Waals surface area contributed by atoms with Gasteiger partial charge in [-0.05, 0) is 17.3 Å². The lowest BCUT2D eigenvalue weighted by Crippen LogP contribution is -2.45. The average Bonchev–Trinajstić information content (AvgIpc) is 2.32. The maximum absolute atomic E-state index is 11.8. The second-order valence-electron chi connectivity index (χ2n) is 6.67. The van der Waals surface area contributed by atoms with Crippen LogP contribution in [0.25, 0.3) is 0 Å². The number of terminal acetylenes is 1. The van der Waals surface area contributed by atoms with E-state index in [4.69, 9.17) is 16.4 Å². The predicted octanol–water partition coefficient (Wildman–Crippen LogP) is 3.22. The molecule has 0 heterocycles. The Labute approximate surface area is 122 Å². The van der Waals surface area contributed by atoms with Crippen LogP contribution in [0.1, 0.15) is 47.5 Å². The molecule has 5 heteroatoms. The van der Waals surface area contributed by atoms with E-state index in [-0.39, 0.29) is 17.4 Å². The molecule has 0 rings (SSSR count). The van der Waals surface area contributed by atoms with Gasteiger partial charge in [0.05, 0.1) is 12.6 Å². The second-order valence-corrected chi connectivity index (χ2v) is 6.67. The van der Waals surface area contributed by atoms with Crippen LogP contribution in [0.3, 0.4) is 0 Å². The molecule has 0 aliphatic rings. The van der Waals surface area contributed by atoms with E-state index in [1.807, 2.05) is 34.6 Å². The molecule has 5 nitrogen and oxygen atoms in total. The van der Waals surface area contributed by atoms with Crippen LogP contribution in [0, 0.1) is 29.8 Å².